The lowest BCUT2D eigenvalue weighted by Crippen LogP contribution is -2.46. The molecule has 1 N–H and O–H groups in total. The van der Waals surface area contributed by atoms with Crippen molar-refractivity contribution in [2.24, 2.45) is 0 Å². The molecule has 0 saturated carbocycles. The number of morpholine rings is 1. The highest BCUT2D eigenvalue weighted by Crippen LogP contribution is 2.26. The molecule has 1 heterocycles. The summed E-state index contributed by atoms with van der Waals surface area (Å²) in [6, 6.07) is 5.22. The molecule has 3 unspecified atom stereocenters. The summed E-state index contributed by atoms with van der Waals surface area (Å²) < 4.78 is 19.1. The van der Waals surface area contributed by atoms with E-state index >= 15 is 0 Å². The molecule has 1 aromatic carbocycles. The van der Waals surface area contributed by atoms with E-state index in [1.54, 1.807) is 12.1 Å². The second kappa shape index (κ2) is 4.52. The zero-order valence-corrected chi connectivity index (χ0v) is 9.96. The standard InChI is InChI=1S/C13H18FNO/c1-8-4-5-11(14)6-12(8)13-7-15-9(2)10(3)16-13/h4-6,9-10,13,15H,7H2,1-3H3. The molecule has 16 heavy (non-hydrogen) atoms. The Morgan fingerprint density at radius 2 is 2.12 bits per heavy atom. The SMILES string of the molecule is Cc1ccc(F)cc1C1CNC(C)C(C)O1. The van der Waals surface area contributed by atoms with Crippen LogP contribution in [0.4, 0.5) is 4.39 Å². The van der Waals surface area contributed by atoms with Crippen LogP contribution in [-0.4, -0.2) is 18.7 Å². The predicted octanol–water partition coefficient (Wildman–Crippen LogP) is 2.57. The van der Waals surface area contributed by atoms with Crippen molar-refractivity contribution >= 4 is 0 Å². The number of benzene rings is 1. The molecule has 1 aromatic rings. The molecule has 0 spiro atoms. The van der Waals surface area contributed by atoms with E-state index in [1.807, 2.05) is 13.8 Å². The first-order valence-corrected chi connectivity index (χ1v) is 5.73. The fourth-order valence-electron chi connectivity index (χ4n) is 2.03. The van der Waals surface area contributed by atoms with Gasteiger partial charge in [-0.2, -0.15) is 0 Å². The lowest BCUT2D eigenvalue weighted by atomic mass is 10.0. The molecule has 1 saturated heterocycles. The summed E-state index contributed by atoms with van der Waals surface area (Å²) in [6.45, 7) is 6.87. The molecule has 0 aliphatic carbocycles. The van der Waals surface area contributed by atoms with Gasteiger partial charge in [-0.15, -0.1) is 0 Å². The van der Waals surface area contributed by atoms with Gasteiger partial charge in [0.05, 0.1) is 12.2 Å². The molecule has 0 bridgehead atoms. The molecule has 2 rings (SSSR count). The lowest BCUT2D eigenvalue weighted by Gasteiger charge is -2.34. The van der Waals surface area contributed by atoms with Crippen LogP contribution in [-0.2, 0) is 4.74 Å². The molecule has 3 heteroatoms. The van der Waals surface area contributed by atoms with Gasteiger partial charge >= 0.3 is 0 Å². The fraction of sp³-hybridized carbons (Fsp3) is 0.538. The maximum Gasteiger partial charge on any atom is 0.123 e. The van der Waals surface area contributed by atoms with E-state index in [-0.39, 0.29) is 18.0 Å². The van der Waals surface area contributed by atoms with Crippen molar-refractivity contribution in [3.05, 3.63) is 35.1 Å². The van der Waals surface area contributed by atoms with E-state index in [0.29, 0.717) is 6.04 Å². The van der Waals surface area contributed by atoms with Gasteiger partial charge in [0, 0.05) is 12.6 Å². The largest absolute Gasteiger partial charge is 0.368 e. The maximum atomic E-state index is 13.2. The van der Waals surface area contributed by atoms with Crippen LogP contribution >= 0.6 is 0 Å². The van der Waals surface area contributed by atoms with E-state index in [2.05, 4.69) is 12.2 Å². The van der Waals surface area contributed by atoms with Crippen LogP contribution < -0.4 is 5.32 Å². The Morgan fingerprint density at radius 3 is 2.81 bits per heavy atom. The van der Waals surface area contributed by atoms with Gasteiger partial charge in [0.2, 0.25) is 0 Å². The molecule has 88 valence electrons. The molecule has 1 aliphatic heterocycles. The van der Waals surface area contributed by atoms with Crippen LogP contribution in [0, 0.1) is 12.7 Å². The highest BCUT2D eigenvalue weighted by molar-refractivity contribution is 5.29. The average Bonchev–Trinajstić information content (AvgIpc) is 2.26. The number of aryl methyl sites for hydroxylation is 1. The topological polar surface area (TPSA) is 21.3 Å². The summed E-state index contributed by atoms with van der Waals surface area (Å²) in [7, 11) is 0. The van der Waals surface area contributed by atoms with Gasteiger partial charge < -0.3 is 10.1 Å². The van der Waals surface area contributed by atoms with Crippen molar-refractivity contribution < 1.29 is 9.13 Å². The van der Waals surface area contributed by atoms with Crippen LogP contribution in [0.2, 0.25) is 0 Å². The lowest BCUT2D eigenvalue weighted by molar-refractivity contribution is -0.0512. The number of hydrogen-bond donors (Lipinski definition) is 1. The predicted molar refractivity (Wildman–Crippen MR) is 61.9 cm³/mol. The van der Waals surface area contributed by atoms with Gasteiger partial charge in [-0.25, -0.2) is 4.39 Å². The third-order valence-electron chi connectivity index (χ3n) is 3.30. The van der Waals surface area contributed by atoms with Gasteiger partial charge in [0.25, 0.3) is 0 Å². The van der Waals surface area contributed by atoms with E-state index < -0.39 is 0 Å². The van der Waals surface area contributed by atoms with Gasteiger partial charge in [-0.3, -0.25) is 0 Å². The van der Waals surface area contributed by atoms with Crippen molar-refractivity contribution in [1.29, 1.82) is 0 Å². The monoisotopic (exact) mass is 223 g/mol. The quantitative estimate of drug-likeness (QED) is 0.790. The van der Waals surface area contributed by atoms with Crippen molar-refractivity contribution in [2.45, 2.75) is 39.0 Å². The zero-order valence-electron chi connectivity index (χ0n) is 9.96. The van der Waals surface area contributed by atoms with Crippen LogP contribution in [0.25, 0.3) is 0 Å². The first-order chi connectivity index (χ1) is 7.58. The number of rotatable bonds is 1. The first-order valence-electron chi connectivity index (χ1n) is 5.73. The highest BCUT2D eigenvalue weighted by Gasteiger charge is 2.26. The Hall–Kier alpha value is -0.930. The smallest absolute Gasteiger partial charge is 0.123 e. The summed E-state index contributed by atoms with van der Waals surface area (Å²) >= 11 is 0. The molecular weight excluding hydrogens is 205 g/mol. The van der Waals surface area contributed by atoms with E-state index in [0.717, 1.165) is 17.7 Å². The molecular formula is C13H18FNO. The summed E-state index contributed by atoms with van der Waals surface area (Å²) in [6.07, 6.45) is 0.114. The fourth-order valence-corrected chi connectivity index (χ4v) is 2.03. The number of nitrogens with one attached hydrogen (secondary N) is 1. The third-order valence-corrected chi connectivity index (χ3v) is 3.30. The Morgan fingerprint density at radius 1 is 1.38 bits per heavy atom. The maximum absolute atomic E-state index is 13.2. The van der Waals surface area contributed by atoms with Crippen LogP contribution in [0.3, 0.4) is 0 Å². The number of halogens is 1. The van der Waals surface area contributed by atoms with Crippen LogP contribution in [0.1, 0.15) is 31.1 Å². The summed E-state index contributed by atoms with van der Waals surface area (Å²) in [5.74, 6) is -0.199. The summed E-state index contributed by atoms with van der Waals surface area (Å²) in [5, 5.41) is 3.38. The minimum absolute atomic E-state index is 0.0399. The minimum atomic E-state index is -0.199. The Labute approximate surface area is 95.8 Å². The van der Waals surface area contributed by atoms with Crippen molar-refractivity contribution in [3.8, 4) is 0 Å². The number of hydrogen-bond acceptors (Lipinski definition) is 2. The zero-order chi connectivity index (χ0) is 11.7. The molecule has 0 radical (unpaired) electrons. The molecule has 0 amide bonds. The van der Waals surface area contributed by atoms with Crippen molar-refractivity contribution in [2.75, 3.05) is 6.54 Å². The van der Waals surface area contributed by atoms with Crippen LogP contribution in [0.15, 0.2) is 18.2 Å². The first kappa shape index (κ1) is 11.6. The minimum Gasteiger partial charge on any atom is -0.368 e. The molecule has 3 atom stereocenters. The van der Waals surface area contributed by atoms with Gasteiger partial charge in [-0.05, 0) is 44.0 Å². The summed E-state index contributed by atoms with van der Waals surface area (Å²) in [4.78, 5) is 0. The second-order valence-electron chi connectivity index (χ2n) is 4.53. The second-order valence-corrected chi connectivity index (χ2v) is 4.53. The summed E-state index contributed by atoms with van der Waals surface area (Å²) in [5.41, 5.74) is 2.03. The van der Waals surface area contributed by atoms with Gasteiger partial charge in [-0.1, -0.05) is 6.07 Å². The Bertz CT molecular complexity index is 380. The Kier molecular flexibility index (Phi) is 3.26. The molecule has 0 aromatic heterocycles. The number of ether oxygens (including phenoxy) is 1. The average molecular weight is 223 g/mol. The van der Waals surface area contributed by atoms with E-state index in [4.69, 9.17) is 4.74 Å². The van der Waals surface area contributed by atoms with Crippen molar-refractivity contribution in [3.63, 3.8) is 0 Å². The normalized spacial score (nSPS) is 30.4. The van der Waals surface area contributed by atoms with Gasteiger partial charge in [0.15, 0.2) is 0 Å². The molecule has 2 nitrogen and oxygen atoms in total. The van der Waals surface area contributed by atoms with E-state index in [9.17, 15) is 4.39 Å². The third kappa shape index (κ3) is 2.25. The van der Waals surface area contributed by atoms with E-state index in [1.165, 1.54) is 6.07 Å². The van der Waals surface area contributed by atoms with Crippen molar-refractivity contribution in [1.82, 2.24) is 5.32 Å². The van der Waals surface area contributed by atoms with Gasteiger partial charge in [0.1, 0.15) is 5.82 Å². The highest BCUT2D eigenvalue weighted by atomic mass is 19.1. The van der Waals surface area contributed by atoms with Crippen LogP contribution in [0.5, 0.6) is 0 Å². The molecule has 1 aliphatic rings. The molecule has 1 fully saturated rings. The Balaban J connectivity index is 2.21.